The number of nitrogens with zero attached hydrogens (tertiary/aromatic N) is 2. The molecule has 1 aromatic heterocycles. The molecule has 70 valence electrons. The molecule has 13 heavy (non-hydrogen) atoms. The summed E-state index contributed by atoms with van der Waals surface area (Å²) in [5.41, 5.74) is 1.06. The van der Waals surface area contributed by atoms with E-state index in [0.29, 0.717) is 12.3 Å². The molecule has 1 N–H and O–H groups in total. The van der Waals surface area contributed by atoms with Gasteiger partial charge < -0.3 is 5.11 Å². The first-order valence-electron chi connectivity index (χ1n) is 4.71. The van der Waals surface area contributed by atoms with Crippen LogP contribution in [0, 0.1) is 12.8 Å². The molecule has 0 bridgehead atoms. The van der Waals surface area contributed by atoms with Gasteiger partial charge in [-0.25, -0.2) is 9.97 Å². The van der Waals surface area contributed by atoms with Gasteiger partial charge in [0.05, 0.1) is 6.10 Å². The lowest BCUT2D eigenvalue weighted by atomic mass is 10.1. The van der Waals surface area contributed by atoms with Gasteiger partial charge in [0.2, 0.25) is 0 Å². The highest BCUT2D eigenvalue weighted by atomic mass is 16.3. The van der Waals surface area contributed by atoms with Crippen LogP contribution in [0.1, 0.15) is 24.2 Å². The first-order chi connectivity index (χ1) is 6.25. The minimum Gasteiger partial charge on any atom is -0.392 e. The topological polar surface area (TPSA) is 46.0 Å². The Morgan fingerprint density at radius 1 is 1.46 bits per heavy atom. The highest BCUT2D eigenvalue weighted by molar-refractivity contribution is 5.03. The summed E-state index contributed by atoms with van der Waals surface area (Å²) in [5, 5.41) is 9.63. The summed E-state index contributed by atoms with van der Waals surface area (Å²) in [7, 11) is 0. The number of hydrogen-bond acceptors (Lipinski definition) is 3. The van der Waals surface area contributed by atoms with E-state index < -0.39 is 0 Å². The van der Waals surface area contributed by atoms with Crippen LogP contribution < -0.4 is 0 Å². The molecule has 1 unspecified atom stereocenters. The maximum Gasteiger partial charge on any atom is 0.130 e. The van der Waals surface area contributed by atoms with Crippen LogP contribution in [0.4, 0.5) is 0 Å². The highest BCUT2D eigenvalue weighted by Gasteiger charge is 2.30. The van der Waals surface area contributed by atoms with Gasteiger partial charge in [-0.05, 0) is 31.2 Å². The molecule has 1 aromatic rings. The molecule has 1 atom stereocenters. The highest BCUT2D eigenvalue weighted by Crippen LogP contribution is 2.33. The van der Waals surface area contributed by atoms with Gasteiger partial charge in [-0.3, -0.25) is 0 Å². The lowest BCUT2D eigenvalue weighted by Crippen LogP contribution is -2.14. The third kappa shape index (κ3) is 2.25. The zero-order valence-electron chi connectivity index (χ0n) is 7.77. The minimum absolute atomic E-state index is 0.234. The molecule has 2 rings (SSSR count). The van der Waals surface area contributed by atoms with Crippen molar-refractivity contribution >= 4 is 0 Å². The van der Waals surface area contributed by atoms with Crippen LogP contribution in [0.3, 0.4) is 0 Å². The predicted molar refractivity (Wildman–Crippen MR) is 49.2 cm³/mol. The van der Waals surface area contributed by atoms with Crippen molar-refractivity contribution in [3.05, 3.63) is 23.8 Å². The number of rotatable bonds is 3. The molecule has 0 amide bonds. The van der Waals surface area contributed by atoms with Crippen molar-refractivity contribution < 1.29 is 5.11 Å². The number of aromatic nitrogens is 2. The van der Waals surface area contributed by atoms with Crippen LogP contribution in [0.15, 0.2) is 12.4 Å². The van der Waals surface area contributed by atoms with Crippen molar-refractivity contribution in [2.24, 2.45) is 5.92 Å². The third-order valence-corrected chi connectivity index (χ3v) is 2.39. The van der Waals surface area contributed by atoms with Crippen LogP contribution in [0.25, 0.3) is 0 Å². The summed E-state index contributed by atoms with van der Waals surface area (Å²) in [5.74, 6) is 1.26. The van der Waals surface area contributed by atoms with E-state index in [2.05, 4.69) is 9.97 Å². The zero-order valence-corrected chi connectivity index (χ0v) is 7.77. The second-order valence-corrected chi connectivity index (χ2v) is 3.79. The maximum atomic E-state index is 9.63. The molecule has 1 aliphatic rings. The molecule has 0 aliphatic heterocycles. The van der Waals surface area contributed by atoms with Gasteiger partial charge in [0.15, 0.2) is 0 Å². The van der Waals surface area contributed by atoms with E-state index in [9.17, 15) is 5.11 Å². The van der Waals surface area contributed by atoms with Gasteiger partial charge in [0.1, 0.15) is 5.82 Å². The van der Waals surface area contributed by atoms with E-state index in [4.69, 9.17) is 0 Å². The Balaban J connectivity index is 1.96. The summed E-state index contributed by atoms with van der Waals surface area (Å²) in [6, 6.07) is 0. The molecule has 1 saturated carbocycles. The molecule has 1 aliphatic carbocycles. The summed E-state index contributed by atoms with van der Waals surface area (Å²) < 4.78 is 0. The molecular formula is C10H14N2O. The Labute approximate surface area is 77.8 Å². The van der Waals surface area contributed by atoms with Gasteiger partial charge in [-0.15, -0.1) is 0 Å². The quantitative estimate of drug-likeness (QED) is 0.753. The molecule has 0 radical (unpaired) electrons. The SMILES string of the molecule is Cc1cnc(CC(O)C2CC2)nc1. The number of hydrogen-bond donors (Lipinski definition) is 1. The molecule has 3 nitrogen and oxygen atoms in total. The lowest BCUT2D eigenvalue weighted by molar-refractivity contribution is 0.149. The van der Waals surface area contributed by atoms with Crippen LogP contribution >= 0.6 is 0 Å². The van der Waals surface area contributed by atoms with Crippen LogP contribution in [0.5, 0.6) is 0 Å². The zero-order chi connectivity index (χ0) is 9.26. The average Bonchev–Trinajstić information content (AvgIpc) is 2.91. The van der Waals surface area contributed by atoms with E-state index in [1.807, 2.05) is 6.92 Å². The predicted octanol–water partition coefficient (Wildman–Crippen LogP) is 1.10. The number of aliphatic hydroxyl groups is 1. The molecule has 0 spiro atoms. The Hall–Kier alpha value is -0.960. The van der Waals surface area contributed by atoms with Crippen molar-refractivity contribution in [1.29, 1.82) is 0 Å². The van der Waals surface area contributed by atoms with E-state index in [1.165, 1.54) is 0 Å². The summed E-state index contributed by atoms with van der Waals surface area (Å²) in [6.45, 7) is 1.96. The Kier molecular flexibility index (Phi) is 2.27. The third-order valence-electron chi connectivity index (χ3n) is 2.39. The smallest absolute Gasteiger partial charge is 0.130 e. The van der Waals surface area contributed by atoms with Crippen molar-refractivity contribution in [2.75, 3.05) is 0 Å². The normalized spacial score (nSPS) is 18.6. The summed E-state index contributed by atoms with van der Waals surface area (Å²) in [4.78, 5) is 8.31. The molecule has 0 aromatic carbocycles. The molecule has 1 heterocycles. The summed E-state index contributed by atoms with van der Waals surface area (Å²) in [6.07, 6.45) is 6.28. The van der Waals surface area contributed by atoms with E-state index >= 15 is 0 Å². The molecule has 0 saturated heterocycles. The number of aryl methyl sites for hydroxylation is 1. The molecular weight excluding hydrogens is 164 g/mol. The lowest BCUT2D eigenvalue weighted by Gasteiger charge is -2.06. The molecule has 1 fully saturated rings. The van der Waals surface area contributed by atoms with Crippen LogP contribution in [-0.4, -0.2) is 21.2 Å². The van der Waals surface area contributed by atoms with Gasteiger partial charge in [-0.1, -0.05) is 0 Å². The second kappa shape index (κ2) is 3.42. The van der Waals surface area contributed by atoms with Crippen LogP contribution in [0.2, 0.25) is 0 Å². The first-order valence-corrected chi connectivity index (χ1v) is 4.71. The van der Waals surface area contributed by atoms with Crippen LogP contribution in [-0.2, 0) is 6.42 Å². The Morgan fingerprint density at radius 2 is 2.08 bits per heavy atom. The standard InChI is InChI=1S/C10H14N2O/c1-7-5-11-10(12-6-7)4-9(13)8-2-3-8/h5-6,8-9,13H,2-4H2,1H3. The van der Waals surface area contributed by atoms with Crippen molar-refractivity contribution in [2.45, 2.75) is 32.3 Å². The fraction of sp³-hybridized carbons (Fsp3) is 0.600. The maximum absolute atomic E-state index is 9.63. The van der Waals surface area contributed by atoms with Crippen molar-refractivity contribution in [1.82, 2.24) is 9.97 Å². The van der Waals surface area contributed by atoms with E-state index in [0.717, 1.165) is 24.2 Å². The average molecular weight is 178 g/mol. The van der Waals surface area contributed by atoms with Gasteiger partial charge >= 0.3 is 0 Å². The fourth-order valence-corrected chi connectivity index (χ4v) is 1.36. The first kappa shape index (κ1) is 8.63. The Bertz CT molecular complexity index is 279. The van der Waals surface area contributed by atoms with Gasteiger partial charge in [0.25, 0.3) is 0 Å². The van der Waals surface area contributed by atoms with Crippen molar-refractivity contribution in [3.63, 3.8) is 0 Å². The van der Waals surface area contributed by atoms with Crippen molar-refractivity contribution in [3.8, 4) is 0 Å². The Morgan fingerprint density at radius 3 is 2.62 bits per heavy atom. The number of aliphatic hydroxyl groups excluding tert-OH is 1. The largest absolute Gasteiger partial charge is 0.392 e. The molecule has 3 heteroatoms. The monoisotopic (exact) mass is 178 g/mol. The fourth-order valence-electron chi connectivity index (χ4n) is 1.36. The van der Waals surface area contributed by atoms with E-state index in [1.54, 1.807) is 12.4 Å². The van der Waals surface area contributed by atoms with Gasteiger partial charge in [0, 0.05) is 18.8 Å². The summed E-state index contributed by atoms with van der Waals surface area (Å²) >= 11 is 0. The van der Waals surface area contributed by atoms with E-state index in [-0.39, 0.29) is 6.10 Å². The minimum atomic E-state index is -0.234. The second-order valence-electron chi connectivity index (χ2n) is 3.79. The van der Waals surface area contributed by atoms with Gasteiger partial charge in [-0.2, -0.15) is 0 Å².